The second kappa shape index (κ2) is 7.63. The maximum absolute atomic E-state index is 8.23. The summed E-state index contributed by atoms with van der Waals surface area (Å²) < 4.78 is 0. The molecule has 0 bridgehead atoms. The first-order valence-electron chi connectivity index (χ1n) is 3.97. The molecule has 0 aromatic rings. The predicted molar refractivity (Wildman–Crippen MR) is 48.3 cm³/mol. The number of unbranched alkanes of at least 4 members (excludes halogenated alkanes) is 4. The molecule has 2 heteroatoms. The largest absolute Gasteiger partial charge is 0.198 e. The van der Waals surface area contributed by atoms with Crippen LogP contribution in [-0.4, -0.2) is 0 Å². The molecule has 0 spiro atoms. The molecular formula is C9H14ClN. The zero-order valence-electron chi connectivity index (χ0n) is 6.77. The third kappa shape index (κ3) is 9.52. The quantitative estimate of drug-likeness (QED) is 0.561. The normalized spacial score (nSPS) is 9.09. The van der Waals surface area contributed by atoms with E-state index in [-0.39, 0.29) is 0 Å². The van der Waals surface area contributed by atoms with E-state index in [1.807, 2.05) is 0 Å². The van der Waals surface area contributed by atoms with Crippen LogP contribution < -0.4 is 0 Å². The highest BCUT2D eigenvalue weighted by Gasteiger charge is 1.90. The Morgan fingerprint density at radius 3 is 2.45 bits per heavy atom. The molecule has 0 fully saturated rings. The Labute approximate surface area is 73.7 Å². The van der Waals surface area contributed by atoms with Crippen LogP contribution in [0.15, 0.2) is 11.6 Å². The molecule has 0 saturated carbocycles. The first kappa shape index (κ1) is 10.5. The van der Waals surface area contributed by atoms with E-state index < -0.39 is 0 Å². The van der Waals surface area contributed by atoms with Gasteiger partial charge in [-0.2, -0.15) is 5.26 Å². The maximum Gasteiger partial charge on any atom is 0.0621 e. The van der Waals surface area contributed by atoms with Crippen LogP contribution in [0.1, 0.15) is 38.5 Å². The molecule has 0 unspecified atom stereocenters. The Kier molecular flexibility index (Phi) is 7.29. The fraction of sp³-hybridized carbons (Fsp3) is 0.667. The molecule has 0 atom stereocenters. The predicted octanol–water partition coefficient (Wildman–Crippen LogP) is 3.60. The average molecular weight is 172 g/mol. The van der Waals surface area contributed by atoms with Crippen LogP contribution in [-0.2, 0) is 0 Å². The minimum atomic E-state index is 0.682. The van der Waals surface area contributed by atoms with E-state index in [1.165, 1.54) is 0 Å². The molecule has 0 aliphatic rings. The molecular weight excluding hydrogens is 158 g/mol. The van der Waals surface area contributed by atoms with Crippen LogP contribution in [0, 0.1) is 11.3 Å². The zero-order valence-corrected chi connectivity index (χ0v) is 7.53. The first-order valence-corrected chi connectivity index (χ1v) is 4.35. The topological polar surface area (TPSA) is 23.8 Å². The fourth-order valence-electron chi connectivity index (χ4n) is 0.874. The monoisotopic (exact) mass is 171 g/mol. The average Bonchev–Trinajstić information content (AvgIpc) is 1.96. The van der Waals surface area contributed by atoms with Gasteiger partial charge in [-0.1, -0.05) is 31.0 Å². The molecule has 0 aliphatic heterocycles. The minimum absolute atomic E-state index is 0.682. The van der Waals surface area contributed by atoms with E-state index in [9.17, 15) is 0 Å². The summed E-state index contributed by atoms with van der Waals surface area (Å²) in [6.45, 7) is 3.60. The van der Waals surface area contributed by atoms with Crippen molar-refractivity contribution >= 4 is 11.6 Å². The lowest BCUT2D eigenvalue weighted by Gasteiger charge is -1.96. The molecule has 62 valence electrons. The third-order valence-electron chi connectivity index (χ3n) is 1.49. The Morgan fingerprint density at radius 2 is 1.91 bits per heavy atom. The summed E-state index contributed by atoms with van der Waals surface area (Å²) in [7, 11) is 0. The van der Waals surface area contributed by atoms with Crippen LogP contribution in [0.5, 0.6) is 0 Å². The van der Waals surface area contributed by atoms with Gasteiger partial charge in [-0.25, -0.2) is 0 Å². The van der Waals surface area contributed by atoms with E-state index in [0.717, 1.165) is 37.1 Å². The third-order valence-corrected chi connectivity index (χ3v) is 1.68. The van der Waals surface area contributed by atoms with Crippen molar-refractivity contribution in [2.75, 3.05) is 0 Å². The van der Waals surface area contributed by atoms with E-state index in [2.05, 4.69) is 12.6 Å². The van der Waals surface area contributed by atoms with Gasteiger partial charge in [0.2, 0.25) is 0 Å². The lowest BCUT2D eigenvalue weighted by Crippen LogP contribution is -1.78. The molecule has 0 rings (SSSR count). The van der Waals surface area contributed by atoms with Crippen molar-refractivity contribution in [1.82, 2.24) is 0 Å². The van der Waals surface area contributed by atoms with Crippen molar-refractivity contribution in [2.45, 2.75) is 38.5 Å². The molecule has 11 heavy (non-hydrogen) atoms. The van der Waals surface area contributed by atoms with Crippen molar-refractivity contribution in [3.63, 3.8) is 0 Å². The lowest BCUT2D eigenvalue weighted by molar-refractivity contribution is 0.653. The van der Waals surface area contributed by atoms with Gasteiger partial charge in [0, 0.05) is 11.5 Å². The van der Waals surface area contributed by atoms with Gasteiger partial charge < -0.3 is 0 Å². The van der Waals surface area contributed by atoms with E-state index in [4.69, 9.17) is 16.9 Å². The summed E-state index contributed by atoms with van der Waals surface area (Å²) >= 11 is 5.57. The highest BCUT2D eigenvalue weighted by molar-refractivity contribution is 6.29. The molecule has 0 aromatic heterocycles. The molecule has 0 N–H and O–H groups in total. The SMILES string of the molecule is C=C(Cl)CCCCCCC#N. The van der Waals surface area contributed by atoms with Gasteiger partial charge in [0.25, 0.3) is 0 Å². The Morgan fingerprint density at radius 1 is 1.27 bits per heavy atom. The standard InChI is InChI=1S/C9H14ClN/c1-9(10)7-5-3-2-4-6-8-11/h1-7H2. The lowest BCUT2D eigenvalue weighted by atomic mass is 10.1. The fourth-order valence-corrected chi connectivity index (χ4v) is 1.01. The Balaban J connectivity index is 2.92. The van der Waals surface area contributed by atoms with E-state index in [1.54, 1.807) is 0 Å². The highest BCUT2D eigenvalue weighted by Crippen LogP contribution is 2.11. The smallest absolute Gasteiger partial charge is 0.0621 e. The highest BCUT2D eigenvalue weighted by atomic mass is 35.5. The van der Waals surface area contributed by atoms with Gasteiger partial charge in [0.05, 0.1) is 6.07 Å². The van der Waals surface area contributed by atoms with Crippen molar-refractivity contribution in [2.24, 2.45) is 0 Å². The summed E-state index contributed by atoms with van der Waals surface area (Å²) in [5, 5.41) is 8.97. The van der Waals surface area contributed by atoms with E-state index in [0.29, 0.717) is 6.42 Å². The second-order valence-electron chi connectivity index (χ2n) is 2.59. The second-order valence-corrected chi connectivity index (χ2v) is 3.12. The van der Waals surface area contributed by atoms with E-state index >= 15 is 0 Å². The molecule has 0 radical (unpaired) electrons. The van der Waals surface area contributed by atoms with Crippen LogP contribution in [0.25, 0.3) is 0 Å². The van der Waals surface area contributed by atoms with Gasteiger partial charge in [-0.3, -0.25) is 0 Å². The molecule has 0 aromatic carbocycles. The summed E-state index contributed by atoms with van der Waals surface area (Å²) in [6, 6.07) is 2.12. The van der Waals surface area contributed by atoms with Gasteiger partial charge in [-0.15, -0.1) is 0 Å². The zero-order chi connectivity index (χ0) is 8.53. The van der Waals surface area contributed by atoms with Crippen molar-refractivity contribution in [3.8, 4) is 6.07 Å². The summed E-state index contributed by atoms with van der Waals surface area (Å²) in [4.78, 5) is 0. The van der Waals surface area contributed by atoms with Crippen molar-refractivity contribution < 1.29 is 0 Å². The number of nitrogens with zero attached hydrogens (tertiary/aromatic N) is 1. The number of nitriles is 1. The Hall–Kier alpha value is -0.480. The van der Waals surface area contributed by atoms with Gasteiger partial charge >= 0.3 is 0 Å². The van der Waals surface area contributed by atoms with Crippen molar-refractivity contribution in [1.29, 1.82) is 5.26 Å². The molecule has 0 saturated heterocycles. The van der Waals surface area contributed by atoms with Gasteiger partial charge in [0.1, 0.15) is 0 Å². The van der Waals surface area contributed by atoms with Gasteiger partial charge in [0.15, 0.2) is 0 Å². The van der Waals surface area contributed by atoms with Crippen LogP contribution in [0.2, 0.25) is 0 Å². The molecule has 0 aliphatic carbocycles. The minimum Gasteiger partial charge on any atom is -0.198 e. The molecule has 1 nitrogen and oxygen atoms in total. The van der Waals surface area contributed by atoms with Crippen LogP contribution in [0.3, 0.4) is 0 Å². The Bertz CT molecular complexity index is 146. The number of rotatable bonds is 6. The maximum atomic E-state index is 8.23. The summed E-state index contributed by atoms with van der Waals surface area (Å²) in [5.74, 6) is 0. The molecule has 0 amide bonds. The van der Waals surface area contributed by atoms with Crippen molar-refractivity contribution in [3.05, 3.63) is 11.6 Å². The number of hydrogen-bond donors (Lipinski definition) is 0. The van der Waals surface area contributed by atoms with Gasteiger partial charge in [-0.05, 0) is 19.3 Å². The van der Waals surface area contributed by atoms with Crippen LogP contribution in [0.4, 0.5) is 0 Å². The summed E-state index contributed by atoms with van der Waals surface area (Å²) in [6.07, 6.45) is 6.01. The summed E-state index contributed by atoms with van der Waals surface area (Å²) in [5.41, 5.74) is 0. The molecule has 0 heterocycles. The number of hydrogen-bond acceptors (Lipinski definition) is 1. The number of allylic oxidation sites excluding steroid dienone is 1. The first-order chi connectivity index (χ1) is 5.27. The van der Waals surface area contributed by atoms with Crippen LogP contribution >= 0.6 is 11.6 Å². The number of halogens is 1.